The maximum Gasteiger partial charge on any atom is 0.164 e. The zero-order chi connectivity index (χ0) is 37.8. The van der Waals surface area contributed by atoms with Crippen LogP contribution < -0.4 is 0 Å². The summed E-state index contributed by atoms with van der Waals surface area (Å²) in [5.74, 6) is 1.74. The third-order valence-electron chi connectivity index (χ3n) is 9.76. The molecule has 0 aliphatic rings. The van der Waals surface area contributed by atoms with Gasteiger partial charge in [0.15, 0.2) is 17.5 Å². The van der Waals surface area contributed by atoms with Crippen LogP contribution in [-0.2, 0) is 0 Å². The second-order valence-electron chi connectivity index (χ2n) is 13.6. The van der Waals surface area contributed by atoms with Gasteiger partial charge in [-0.15, -0.1) is 0 Å². The summed E-state index contributed by atoms with van der Waals surface area (Å²) in [7, 11) is 0. The minimum atomic E-state index is 0.563. The minimum absolute atomic E-state index is 0.563. The van der Waals surface area contributed by atoms with E-state index in [9.17, 15) is 0 Å². The van der Waals surface area contributed by atoms with Gasteiger partial charge in [-0.05, 0) is 37.6 Å². The Morgan fingerprint density at radius 2 is 0.625 bits per heavy atom. The standard InChI is InChI=1S/C50H36N6/c1-33-29-30-43(34(2)51-33)39-25-15-27-41(31-39)49-54-48(38-23-13-6-14-24-38)55-50(56-49)42-28-16-26-40(32-42)47-46(37-21-11-5-12-22-37)52-44(35-17-7-3-8-18-35)45(53-47)36-19-9-4-10-20-36/h3-32H,1-2H3. The van der Waals surface area contributed by atoms with E-state index in [1.807, 2.05) is 129 Å². The fraction of sp³-hybridized carbons (Fsp3) is 0.0400. The van der Waals surface area contributed by atoms with E-state index < -0.39 is 0 Å². The van der Waals surface area contributed by atoms with Gasteiger partial charge in [0.05, 0.1) is 22.8 Å². The van der Waals surface area contributed by atoms with Crippen LogP contribution in [-0.4, -0.2) is 29.9 Å². The van der Waals surface area contributed by atoms with E-state index in [0.717, 1.165) is 84.2 Å². The Hall–Kier alpha value is -7.44. The lowest BCUT2D eigenvalue weighted by Gasteiger charge is -2.16. The average Bonchev–Trinajstić information content (AvgIpc) is 3.27. The van der Waals surface area contributed by atoms with Gasteiger partial charge in [0, 0.05) is 55.9 Å². The fourth-order valence-corrected chi connectivity index (χ4v) is 7.00. The van der Waals surface area contributed by atoms with Crippen molar-refractivity contribution in [3.8, 4) is 90.3 Å². The predicted molar refractivity (Wildman–Crippen MR) is 226 cm³/mol. The van der Waals surface area contributed by atoms with Gasteiger partial charge in [-0.1, -0.05) is 164 Å². The quantitative estimate of drug-likeness (QED) is 0.155. The van der Waals surface area contributed by atoms with E-state index in [1.54, 1.807) is 0 Å². The molecule has 0 saturated heterocycles. The van der Waals surface area contributed by atoms with Crippen molar-refractivity contribution < 1.29 is 0 Å². The summed E-state index contributed by atoms with van der Waals surface area (Å²) in [6.07, 6.45) is 0. The summed E-state index contributed by atoms with van der Waals surface area (Å²) in [5.41, 5.74) is 13.8. The van der Waals surface area contributed by atoms with Crippen LogP contribution in [0, 0.1) is 13.8 Å². The van der Waals surface area contributed by atoms with E-state index in [1.165, 1.54) is 0 Å². The van der Waals surface area contributed by atoms with Crippen molar-refractivity contribution in [1.82, 2.24) is 29.9 Å². The molecule has 3 aromatic heterocycles. The van der Waals surface area contributed by atoms with Crippen molar-refractivity contribution in [3.63, 3.8) is 0 Å². The lowest BCUT2D eigenvalue weighted by Crippen LogP contribution is -2.02. The number of pyridine rings is 1. The molecule has 3 heterocycles. The van der Waals surface area contributed by atoms with Gasteiger partial charge in [-0.3, -0.25) is 4.98 Å². The van der Waals surface area contributed by atoms with Crippen LogP contribution in [0.4, 0.5) is 0 Å². The monoisotopic (exact) mass is 720 g/mol. The Kier molecular flexibility index (Phi) is 9.27. The molecule has 0 spiro atoms. The lowest BCUT2D eigenvalue weighted by molar-refractivity contribution is 1.07. The molecular formula is C50H36N6. The van der Waals surface area contributed by atoms with E-state index in [4.69, 9.17) is 29.9 Å². The van der Waals surface area contributed by atoms with Gasteiger partial charge in [-0.2, -0.15) is 0 Å². The smallest absolute Gasteiger partial charge is 0.164 e. The molecule has 0 bridgehead atoms. The SMILES string of the molecule is Cc1ccc(-c2cccc(-c3nc(-c4ccccc4)nc(-c4cccc(-c5nc(-c6ccccc6)c(-c6ccccc6)nc5-c5ccccc5)c4)n3)c2)c(C)n1. The number of hydrogen-bond donors (Lipinski definition) is 0. The zero-order valence-corrected chi connectivity index (χ0v) is 31.0. The van der Waals surface area contributed by atoms with E-state index in [-0.39, 0.29) is 0 Å². The second-order valence-corrected chi connectivity index (χ2v) is 13.6. The first kappa shape index (κ1) is 34.3. The van der Waals surface area contributed by atoms with Crippen molar-refractivity contribution in [1.29, 1.82) is 0 Å². The van der Waals surface area contributed by atoms with Crippen molar-refractivity contribution in [2.45, 2.75) is 13.8 Å². The van der Waals surface area contributed by atoms with Gasteiger partial charge >= 0.3 is 0 Å². The van der Waals surface area contributed by atoms with Crippen LogP contribution >= 0.6 is 0 Å². The largest absolute Gasteiger partial charge is 0.258 e. The predicted octanol–water partition coefficient (Wildman–Crippen LogP) is 12.0. The number of aromatic nitrogens is 6. The lowest BCUT2D eigenvalue weighted by atomic mass is 9.98. The molecule has 0 amide bonds. The molecule has 0 N–H and O–H groups in total. The molecule has 6 heteroatoms. The Labute approximate surface area is 326 Å². The molecule has 9 aromatic rings. The topological polar surface area (TPSA) is 77.3 Å². The number of benzene rings is 6. The molecule has 0 fully saturated rings. The molecule has 0 unspecified atom stereocenters. The normalized spacial score (nSPS) is 11.0. The molecule has 6 aromatic carbocycles. The maximum absolute atomic E-state index is 5.46. The van der Waals surface area contributed by atoms with Crippen molar-refractivity contribution >= 4 is 0 Å². The maximum atomic E-state index is 5.46. The first-order valence-electron chi connectivity index (χ1n) is 18.6. The van der Waals surface area contributed by atoms with Crippen LogP contribution in [0.25, 0.3) is 90.3 Å². The van der Waals surface area contributed by atoms with Gasteiger partial charge in [-0.25, -0.2) is 24.9 Å². The summed E-state index contributed by atoms with van der Waals surface area (Å²) in [6.45, 7) is 4.05. The molecule has 0 aliphatic heterocycles. The Balaban J connectivity index is 1.22. The number of aryl methyl sites for hydroxylation is 2. The van der Waals surface area contributed by atoms with Crippen LogP contribution in [0.5, 0.6) is 0 Å². The molecule has 0 radical (unpaired) electrons. The molecule has 266 valence electrons. The molecule has 9 rings (SSSR count). The third kappa shape index (κ3) is 6.99. The van der Waals surface area contributed by atoms with Crippen molar-refractivity contribution in [2.24, 2.45) is 0 Å². The summed E-state index contributed by atoms with van der Waals surface area (Å²) in [5, 5.41) is 0. The van der Waals surface area contributed by atoms with Crippen molar-refractivity contribution in [3.05, 3.63) is 193 Å². The van der Waals surface area contributed by atoms with E-state index in [0.29, 0.717) is 17.5 Å². The first-order valence-corrected chi connectivity index (χ1v) is 18.6. The van der Waals surface area contributed by atoms with Crippen molar-refractivity contribution in [2.75, 3.05) is 0 Å². The van der Waals surface area contributed by atoms with Gasteiger partial charge < -0.3 is 0 Å². The first-order chi connectivity index (χ1) is 27.6. The van der Waals surface area contributed by atoms with Gasteiger partial charge in [0.1, 0.15) is 0 Å². The van der Waals surface area contributed by atoms with E-state index >= 15 is 0 Å². The fourth-order valence-electron chi connectivity index (χ4n) is 7.00. The summed E-state index contributed by atoms with van der Waals surface area (Å²) >= 11 is 0. The Morgan fingerprint density at radius 3 is 1.09 bits per heavy atom. The zero-order valence-electron chi connectivity index (χ0n) is 31.0. The molecule has 6 nitrogen and oxygen atoms in total. The van der Waals surface area contributed by atoms with Crippen LogP contribution in [0.3, 0.4) is 0 Å². The average molecular weight is 721 g/mol. The second kappa shape index (κ2) is 15.1. The number of nitrogens with zero attached hydrogens (tertiary/aromatic N) is 6. The molecule has 0 atom stereocenters. The highest BCUT2D eigenvalue weighted by Crippen LogP contribution is 2.38. The van der Waals surface area contributed by atoms with Gasteiger partial charge in [0.25, 0.3) is 0 Å². The van der Waals surface area contributed by atoms with Gasteiger partial charge in [0.2, 0.25) is 0 Å². The Bertz CT molecular complexity index is 2810. The third-order valence-corrected chi connectivity index (χ3v) is 9.76. The number of rotatable bonds is 8. The Morgan fingerprint density at radius 1 is 0.268 bits per heavy atom. The number of hydrogen-bond acceptors (Lipinski definition) is 6. The summed E-state index contributed by atoms with van der Waals surface area (Å²) < 4.78 is 0. The van der Waals surface area contributed by atoms with Crippen LogP contribution in [0.1, 0.15) is 11.4 Å². The summed E-state index contributed by atoms with van der Waals surface area (Å²) in [6, 6.07) is 61.6. The van der Waals surface area contributed by atoms with E-state index in [2.05, 4.69) is 66.7 Å². The molecular weight excluding hydrogens is 685 g/mol. The highest BCUT2D eigenvalue weighted by atomic mass is 15.0. The molecule has 0 aliphatic carbocycles. The molecule has 56 heavy (non-hydrogen) atoms. The highest BCUT2D eigenvalue weighted by Gasteiger charge is 2.21. The minimum Gasteiger partial charge on any atom is -0.258 e. The summed E-state index contributed by atoms with van der Waals surface area (Å²) in [4.78, 5) is 30.8. The molecule has 0 saturated carbocycles. The van der Waals surface area contributed by atoms with Crippen LogP contribution in [0.15, 0.2) is 182 Å². The highest BCUT2D eigenvalue weighted by molar-refractivity contribution is 5.87. The van der Waals surface area contributed by atoms with Crippen LogP contribution in [0.2, 0.25) is 0 Å².